The Kier molecular flexibility index (Phi) is 6.40. The molecule has 3 rings (SSSR count). The van der Waals surface area contributed by atoms with Gasteiger partial charge in [-0.05, 0) is 30.3 Å². The molecule has 0 saturated heterocycles. The lowest BCUT2D eigenvalue weighted by molar-refractivity contribution is 0.450. The Labute approximate surface area is 157 Å². The molecule has 7 heteroatoms. The third-order valence-corrected chi connectivity index (χ3v) is 3.77. The molecule has 0 aliphatic heterocycles. The maximum absolute atomic E-state index is 13.3. The topological polar surface area (TPSA) is 71.7 Å². The predicted molar refractivity (Wildman–Crippen MR) is 101 cm³/mol. The van der Waals surface area contributed by atoms with Crippen molar-refractivity contribution >= 4 is 5.96 Å². The van der Waals surface area contributed by atoms with Crippen molar-refractivity contribution in [3.8, 4) is 11.6 Å². The Morgan fingerprint density at radius 3 is 2.89 bits per heavy atom. The van der Waals surface area contributed by atoms with E-state index in [1.165, 1.54) is 12.1 Å². The summed E-state index contributed by atoms with van der Waals surface area (Å²) in [5, 5.41) is 6.44. The second-order valence-electron chi connectivity index (χ2n) is 5.71. The van der Waals surface area contributed by atoms with Crippen LogP contribution < -0.4 is 15.4 Å². The molecule has 27 heavy (non-hydrogen) atoms. The third-order valence-electron chi connectivity index (χ3n) is 3.77. The zero-order valence-corrected chi connectivity index (χ0v) is 15.0. The molecular weight excluding hydrogens is 347 g/mol. The number of halogens is 1. The van der Waals surface area contributed by atoms with Crippen molar-refractivity contribution < 1.29 is 13.5 Å². The Morgan fingerprint density at radius 1 is 1.19 bits per heavy atom. The van der Waals surface area contributed by atoms with Crippen LogP contribution in [0, 0.1) is 5.82 Å². The van der Waals surface area contributed by atoms with Crippen LogP contribution in [0.15, 0.2) is 70.4 Å². The van der Waals surface area contributed by atoms with Crippen LogP contribution in [0.2, 0.25) is 0 Å². The molecule has 140 valence electrons. The summed E-state index contributed by atoms with van der Waals surface area (Å²) in [6.45, 7) is 1.14. The molecule has 0 saturated carbocycles. The van der Waals surface area contributed by atoms with Crippen molar-refractivity contribution in [3.05, 3.63) is 78.1 Å². The monoisotopic (exact) mass is 368 g/mol. The van der Waals surface area contributed by atoms with Crippen molar-refractivity contribution in [2.24, 2.45) is 4.99 Å². The Hall–Kier alpha value is -3.35. The molecule has 6 nitrogen and oxygen atoms in total. The van der Waals surface area contributed by atoms with Gasteiger partial charge in [0.2, 0.25) is 5.88 Å². The van der Waals surface area contributed by atoms with Crippen LogP contribution in [0.5, 0.6) is 11.6 Å². The summed E-state index contributed by atoms with van der Waals surface area (Å²) in [5.74, 6) is 2.03. The first kappa shape index (κ1) is 18.4. The first-order chi connectivity index (χ1) is 13.2. The number of ether oxygens (including phenoxy) is 1. The summed E-state index contributed by atoms with van der Waals surface area (Å²) in [6.07, 6.45) is 4.05. The summed E-state index contributed by atoms with van der Waals surface area (Å²) in [5.41, 5.74) is 0.829. The largest absolute Gasteiger partial charge is 0.469 e. The van der Waals surface area contributed by atoms with Gasteiger partial charge in [-0.3, -0.25) is 4.99 Å². The molecule has 0 amide bonds. The number of aromatic nitrogens is 1. The third kappa shape index (κ3) is 5.57. The number of nitrogens with zero attached hydrogens (tertiary/aromatic N) is 2. The Bertz CT molecular complexity index is 881. The average molecular weight is 368 g/mol. The smallest absolute Gasteiger partial charge is 0.224 e. The van der Waals surface area contributed by atoms with Crippen molar-refractivity contribution in [2.75, 3.05) is 13.6 Å². The quantitative estimate of drug-likeness (QED) is 0.493. The lowest BCUT2D eigenvalue weighted by Gasteiger charge is -2.13. The number of hydrogen-bond donors (Lipinski definition) is 2. The SMILES string of the molecule is CN=C(NCCc1ccco1)NCc1cccnc1Oc1cccc(F)c1. The highest BCUT2D eigenvalue weighted by Crippen LogP contribution is 2.23. The van der Waals surface area contributed by atoms with E-state index in [-0.39, 0.29) is 5.82 Å². The van der Waals surface area contributed by atoms with Gasteiger partial charge in [-0.15, -0.1) is 0 Å². The number of pyridine rings is 1. The fourth-order valence-corrected chi connectivity index (χ4v) is 2.45. The molecule has 0 aliphatic rings. The molecule has 0 radical (unpaired) electrons. The van der Waals surface area contributed by atoms with Gasteiger partial charge in [-0.2, -0.15) is 0 Å². The van der Waals surface area contributed by atoms with Gasteiger partial charge in [-0.25, -0.2) is 9.37 Å². The van der Waals surface area contributed by atoms with Gasteiger partial charge in [-0.1, -0.05) is 12.1 Å². The van der Waals surface area contributed by atoms with E-state index in [9.17, 15) is 4.39 Å². The maximum Gasteiger partial charge on any atom is 0.224 e. The van der Waals surface area contributed by atoms with E-state index in [0.717, 1.165) is 17.7 Å². The summed E-state index contributed by atoms with van der Waals surface area (Å²) >= 11 is 0. The second kappa shape index (κ2) is 9.38. The van der Waals surface area contributed by atoms with E-state index in [0.29, 0.717) is 30.7 Å². The molecule has 1 aromatic carbocycles. The van der Waals surface area contributed by atoms with E-state index in [1.54, 1.807) is 31.6 Å². The summed E-state index contributed by atoms with van der Waals surface area (Å²) < 4.78 is 24.4. The first-order valence-electron chi connectivity index (χ1n) is 8.59. The molecule has 0 atom stereocenters. The lowest BCUT2D eigenvalue weighted by atomic mass is 10.2. The van der Waals surface area contributed by atoms with Crippen LogP contribution in [0.25, 0.3) is 0 Å². The molecule has 2 N–H and O–H groups in total. The van der Waals surface area contributed by atoms with Crippen LogP contribution in [0.3, 0.4) is 0 Å². The lowest BCUT2D eigenvalue weighted by Crippen LogP contribution is -2.37. The molecule has 0 aliphatic carbocycles. The Morgan fingerprint density at radius 2 is 2.11 bits per heavy atom. The summed E-state index contributed by atoms with van der Waals surface area (Å²) in [7, 11) is 1.70. The van der Waals surface area contributed by atoms with Gasteiger partial charge < -0.3 is 19.8 Å². The molecule has 0 unspecified atom stereocenters. The molecular formula is C20H21FN4O2. The average Bonchev–Trinajstić information content (AvgIpc) is 3.19. The number of benzene rings is 1. The van der Waals surface area contributed by atoms with Crippen LogP contribution in [-0.4, -0.2) is 24.5 Å². The highest BCUT2D eigenvalue weighted by atomic mass is 19.1. The van der Waals surface area contributed by atoms with E-state index in [2.05, 4.69) is 20.6 Å². The van der Waals surface area contributed by atoms with Crippen LogP contribution in [0.4, 0.5) is 4.39 Å². The standard InChI is InChI=1S/C20H21FN4O2/c1-22-20(24-11-9-17-8-4-12-26-17)25-14-15-5-3-10-23-19(15)27-18-7-2-6-16(21)13-18/h2-8,10,12-13H,9,11,14H2,1H3,(H2,22,24,25). The van der Waals surface area contributed by atoms with Crippen LogP contribution in [-0.2, 0) is 13.0 Å². The highest BCUT2D eigenvalue weighted by Gasteiger charge is 2.08. The van der Waals surface area contributed by atoms with Crippen molar-refractivity contribution in [1.29, 1.82) is 0 Å². The second-order valence-corrected chi connectivity index (χ2v) is 5.71. The minimum atomic E-state index is -0.357. The van der Waals surface area contributed by atoms with Crippen LogP contribution >= 0.6 is 0 Å². The first-order valence-corrected chi connectivity index (χ1v) is 8.59. The molecule has 3 aromatic rings. The predicted octanol–water partition coefficient (Wildman–Crippen LogP) is 3.51. The number of aliphatic imine (C=N–C) groups is 1. The zero-order valence-electron chi connectivity index (χ0n) is 15.0. The van der Waals surface area contributed by atoms with E-state index in [1.807, 2.05) is 24.3 Å². The van der Waals surface area contributed by atoms with Gasteiger partial charge in [0.15, 0.2) is 5.96 Å². The van der Waals surface area contributed by atoms with E-state index >= 15 is 0 Å². The van der Waals surface area contributed by atoms with E-state index < -0.39 is 0 Å². The number of rotatable bonds is 7. The summed E-state index contributed by atoms with van der Waals surface area (Å²) in [4.78, 5) is 8.45. The maximum atomic E-state index is 13.3. The molecule has 0 bridgehead atoms. The number of guanidine groups is 1. The number of furan rings is 1. The number of hydrogen-bond acceptors (Lipinski definition) is 4. The minimum Gasteiger partial charge on any atom is -0.469 e. The van der Waals surface area contributed by atoms with Gasteiger partial charge in [0.25, 0.3) is 0 Å². The molecule has 2 aromatic heterocycles. The summed E-state index contributed by atoms with van der Waals surface area (Å²) in [6, 6.07) is 13.5. The van der Waals surface area contributed by atoms with Crippen LogP contribution in [0.1, 0.15) is 11.3 Å². The zero-order chi connectivity index (χ0) is 18.9. The number of nitrogens with one attached hydrogen (secondary N) is 2. The van der Waals surface area contributed by atoms with Gasteiger partial charge in [0, 0.05) is 44.4 Å². The van der Waals surface area contributed by atoms with Gasteiger partial charge >= 0.3 is 0 Å². The van der Waals surface area contributed by atoms with Gasteiger partial charge in [0.05, 0.1) is 6.26 Å². The van der Waals surface area contributed by atoms with Crippen molar-refractivity contribution in [2.45, 2.75) is 13.0 Å². The Balaban J connectivity index is 1.56. The highest BCUT2D eigenvalue weighted by molar-refractivity contribution is 5.79. The van der Waals surface area contributed by atoms with Gasteiger partial charge in [0.1, 0.15) is 17.3 Å². The fraction of sp³-hybridized carbons (Fsp3) is 0.200. The van der Waals surface area contributed by atoms with Crippen molar-refractivity contribution in [3.63, 3.8) is 0 Å². The normalized spacial score (nSPS) is 11.3. The molecule has 0 fully saturated rings. The molecule has 2 heterocycles. The van der Waals surface area contributed by atoms with Crippen molar-refractivity contribution in [1.82, 2.24) is 15.6 Å². The molecule has 0 spiro atoms. The van der Waals surface area contributed by atoms with E-state index in [4.69, 9.17) is 9.15 Å². The minimum absolute atomic E-state index is 0.357. The fourth-order valence-electron chi connectivity index (χ4n) is 2.45.